The topological polar surface area (TPSA) is 31.4 Å². The molecule has 17 heavy (non-hydrogen) atoms. The number of hydrogen-bond acceptors (Lipinski definition) is 3. The van der Waals surface area contributed by atoms with Crippen molar-refractivity contribution in [2.24, 2.45) is 0 Å². The molecule has 0 unspecified atom stereocenters. The Morgan fingerprint density at radius 1 is 1.00 bits per heavy atom. The summed E-state index contributed by atoms with van der Waals surface area (Å²) < 4.78 is 10.6. The molecule has 0 amide bonds. The molecular formula is C14H13NO2. The van der Waals surface area contributed by atoms with E-state index in [0.717, 1.165) is 24.3 Å². The first-order valence-electron chi connectivity index (χ1n) is 5.69. The third kappa shape index (κ3) is 2.23. The number of hydrogen-bond donors (Lipinski definition) is 0. The van der Waals surface area contributed by atoms with Gasteiger partial charge in [0.05, 0.1) is 0 Å². The third-order valence-corrected chi connectivity index (χ3v) is 2.86. The van der Waals surface area contributed by atoms with E-state index >= 15 is 0 Å². The average molecular weight is 227 g/mol. The summed E-state index contributed by atoms with van der Waals surface area (Å²) >= 11 is 0. The van der Waals surface area contributed by atoms with Gasteiger partial charge in [-0.3, -0.25) is 4.98 Å². The molecule has 0 saturated carbocycles. The minimum absolute atomic E-state index is 0.335. The van der Waals surface area contributed by atoms with Gasteiger partial charge in [0.2, 0.25) is 6.79 Å². The summed E-state index contributed by atoms with van der Waals surface area (Å²) in [7, 11) is 0. The maximum absolute atomic E-state index is 5.36. The summed E-state index contributed by atoms with van der Waals surface area (Å²) in [5.41, 5.74) is 2.52. The van der Waals surface area contributed by atoms with Crippen molar-refractivity contribution in [1.82, 2.24) is 4.98 Å². The Labute approximate surface area is 100 Å². The van der Waals surface area contributed by atoms with Crippen LogP contribution in [0.4, 0.5) is 0 Å². The molecule has 0 saturated heterocycles. The Bertz CT molecular complexity index is 511. The Hall–Kier alpha value is -2.03. The van der Waals surface area contributed by atoms with Gasteiger partial charge in [0.15, 0.2) is 11.5 Å². The molecule has 1 aromatic carbocycles. The lowest BCUT2D eigenvalue weighted by Gasteiger charge is -2.03. The quantitative estimate of drug-likeness (QED) is 0.807. The highest BCUT2D eigenvalue weighted by Gasteiger charge is 2.12. The second-order valence-electron chi connectivity index (χ2n) is 4.05. The number of nitrogens with zero attached hydrogens (tertiary/aromatic N) is 1. The number of ether oxygens (including phenoxy) is 2. The van der Waals surface area contributed by atoms with Gasteiger partial charge >= 0.3 is 0 Å². The van der Waals surface area contributed by atoms with Gasteiger partial charge in [-0.1, -0.05) is 12.1 Å². The highest BCUT2D eigenvalue weighted by Crippen LogP contribution is 2.32. The fourth-order valence-electron chi connectivity index (χ4n) is 1.93. The van der Waals surface area contributed by atoms with Gasteiger partial charge in [0.1, 0.15) is 0 Å². The van der Waals surface area contributed by atoms with Crippen molar-refractivity contribution >= 4 is 0 Å². The molecule has 86 valence electrons. The van der Waals surface area contributed by atoms with Gasteiger partial charge < -0.3 is 9.47 Å². The third-order valence-electron chi connectivity index (χ3n) is 2.86. The minimum atomic E-state index is 0.335. The number of rotatable bonds is 3. The van der Waals surface area contributed by atoms with Crippen LogP contribution in [0.2, 0.25) is 0 Å². The second kappa shape index (κ2) is 4.45. The summed E-state index contributed by atoms with van der Waals surface area (Å²) in [6.07, 6.45) is 5.69. The molecule has 0 radical (unpaired) electrons. The number of benzene rings is 1. The van der Waals surface area contributed by atoms with E-state index in [9.17, 15) is 0 Å². The number of fused-ring (bicyclic) bond motifs is 1. The van der Waals surface area contributed by atoms with Crippen molar-refractivity contribution in [3.05, 3.63) is 53.9 Å². The van der Waals surface area contributed by atoms with Crippen LogP contribution in [-0.2, 0) is 12.8 Å². The fourth-order valence-corrected chi connectivity index (χ4v) is 1.93. The lowest BCUT2D eigenvalue weighted by atomic mass is 10.1. The molecule has 2 aromatic rings. The van der Waals surface area contributed by atoms with E-state index < -0.39 is 0 Å². The van der Waals surface area contributed by atoms with Crippen LogP contribution in [0.5, 0.6) is 11.5 Å². The van der Waals surface area contributed by atoms with Crippen molar-refractivity contribution in [1.29, 1.82) is 0 Å². The highest BCUT2D eigenvalue weighted by molar-refractivity contribution is 5.44. The van der Waals surface area contributed by atoms with Gasteiger partial charge in [-0.25, -0.2) is 0 Å². The van der Waals surface area contributed by atoms with E-state index in [2.05, 4.69) is 23.2 Å². The molecule has 0 bridgehead atoms. The van der Waals surface area contributed by atoms with Crippen LogP contribution in [0.3, 0.4) is 0 Å². The van der Waals surface area contributed by atoms with Crippen LogP contribution in [0.15, 0.2) is 42.7 Å². The molecule has 2 heterocycles. The van der Waals surface area contributed by atoms with E-state index in [1.54, 1.807) is 6.20 Å². The zero-order chi connectivity index (χ0) is 11.5. The fraction of sp³-hybridized carbons (Fsp3) is 0.214. The first kappa shape index (κ1) is 10.1. The van der Waals surface area contributed by atoms with E-state index in [1.807, 2.05) is 18.3 Å². The SMILES string of the molecule is c1cncc(CCc2ccc3c(c2)OCO3)c1. The van der Waals surface area contributed by atoms with E-state index in [0.29, 0.717) is 6.79 Å². The minimum Gasteiger partial charge on any atom is -0.454 e. The Kier molecular flexibility index (Phi) is 2.66. The van der Waals surface area contributed by atoms with Gasteiger partial charge in [0.25, 0.3) is 0 Å². The Balaban J connectivity index is 1.70. The molecule has 0 N–H and O–H groups in total. The molecule has 0 aliphatic carbocycles. The van der Waals surface area contributed by atoms with Crippen LogP contribution < -0.4 is 9.47 Å². The number of pyridine rings is 1. The molecule has 3 rings (SSSR count). The van der Waals surface area contributed by atoms with Gasteiger partial charge in [0, 0.05) is 12.4 Å². The average Bonchev–Trinajstić information content (AvgIpc) is 2.85. The lowest BCUT2D eigenvalue weighted by Crippen LogP contribution is -1.93. The van der Waals surface area contributed by atoms with E-state index in [4.69, 9.17) is 9.47 Å². The van der Waals surface area contributed by atoms with Crippen molar-refractivity contribution in [3.63, 3.8) is 0 Å². The molecule has 0 atom stereocenters. The summed E-state index contributed by atoms with van der Waals surface area (Å²) in [6, 6.07) is 10.2. The summed E-state index contributed by atoms with van der Waals surface area (Å²) in [5.74, 6) is 1.70. The van der Waals surface area contributed by atoms with Crippen molar-refractivity contribution < 1.29 is 9.47 Å². The lowest BCUT2D eigenvalue weighted by molar-refractivity contribution is 0.174. The first-order chi connectivity index (χ1) is 8.42. The monoisotopic (exact) mass is 227 g/mol. The molecular weight excluding hydrogens is 214 g/mol. The maximum Gasteiger partial charge on any atom is 0.231 e. The largest absolute Gasteiger partial charge is 0.454 e. The zero-order valence-corrected chi connectivity index (χ0v) is 9.43. The van der Waals surface area contributed by atoms with Crippen LogP contribution in [0.1, 0.15) is 11.1 Å². The second-order valence-corrected chi connectivity index (χ2v) is 4.05. The normalized spacial score (nSPS) is 12.7. The molecule has 3 nitrogen and oxygen atoms in total. The molecule has 1 aromatic heterocycles. The van der Waals surface area contributed by atoms with Crippen LogP contribution in [0.25, 0.3) is 0 Å². The van der Waals surface area contributed by atoms with Gasteiger partial charge in [-0.2, -0.15) is 0 Å². The van der Waals surface area contributed by atoms with Crippen molar-refractivity contribution in [2.45, 2.75) is 12.8 Å². The predicted molar refractivity (Wildman–Crippen MR) is 64.2 cm³/mol. The summed E-state index contributed by atoms with van der Waals surface area (Å²) in [5, 5.41) is 0. The van der Waals surface area contributed by atoms with E-state index in [1.165, 1.54) is 11.1 Å². The van der Waals surface area contributed by atoms with Crippen LogP contribution in [0, 0.1) is 0 Å². The van der Waals surface area contributed by atoms with Crippen molar-refractivity contribution in [2.75, 3.05) is 6.79 Å². The van der Waals surface area contributed by atoms with Crippen molar-refractivity contribution in [3.8, 4) is 11.5 Å². The highest BCUT2D eigenvalue weighted by atomic mass is 16.7. The predicted octanol–water partition coefficient (Wildman–Crippen LogP) is 2.60. The molecule has 1 aliphatic rings. The zero-order valence-electron chi connectivity index (χ0n) is 9.43. The summed E-state index contributed by atoms with van der Waals surface area (Å²) in [4.78, 5) is 4.11. The smallest absolute Gasteiger partial charge is 0.231 e. The molecule has 0 spiro atoms. The van der Waals surface area contributed by atoms with Gasteiger partial charge in [-0.05, 0) is 42.2 Å². The molecule has 1 aliphatic heterocycles. The van der Waals surface area contributed by atoms with Crippen LogP contribution >= 0.6 is 0 Å². The maximum atomic E-state index is 5.36. The first-order valence-corrected chi connectivity index (χ1v) is 5.69. The Morgan fingerprint density at radius 2 is 1.88 bits per heavy atom. The number of aromatic nitrogens is 1. The number of aryl methyl sites for hydroxylation is 2. The van der Waals surface area contributed by atoms with Crippen LogP contribution in [-0.4, -0.2) is 11.8 Å². The van der Waals surface area contributed by atoms with Gasteiger partial charge in [-0.15, -0.1) is 0 Å². The molecule has 3 heteroatoms. The molecule has 0 fully saturated rings. The Morgan fingerprint density at radius 3 is 2.76 bits per heavy atom. The van der Waals surface area contributed by atoms with E-state index in [-0.39, 0.29) is 0 Å². The summed E-state index contributed by atoms with van der Waals surface area (Å²) in [6.45, 7) is 0.335. The standard InChI is InChI=1S/C14H13NO2/c1-2-12(9-15-7-1)4-3-11-5-6-13-14(8-11)17-10-16-13/h1-2,5-9H,3-4,10H2.